The average molecular weight is 350 g/mol. The molecule has 8 nitrogen and oxygen atoms in total. The Balaban J connectivity index is 1.87. The van der Waals surface area contributed by atoms with Gasteiger partial charge in [0, 0.05) is 17.9 Å². The molecule has 0 bridgehead atoms. The number of nitrogens with zero attached hydrogens (tertiary/aromatic N) is 4. The van der Waals surface area contributed by atoms with Crippen molar-refractivity contribution in [1.29, 1.82) is 0 Å². The van der Waals surface area contributed by atoms with E-state index in [2.05, 4.69) is 39.7 Å². The van der Waals surface area contributed by atoms with E-state index in [1.165, 1.54) is 11.8 Å². The van der Waals surface area contributed by atoms with E-state index in [0.717, 1.165) is 17.8 Å². The third-order valence-electron chi connectivity index (χ3n) is 3.26. The van der Waals surface area contributed by atoms with Crippen LogP contribution in [0.1, 0.15) is 31.7 Å². The zero-order valence-corrected chi connectivity index (χ0v) is 15.1. The van der Waals surface area contributed by atoms with Gasteiger partial charge in [0.15, 0.2) is 5.16 Å². The van der Waals surface area contributed by atoms with Crippen LogP contribution in [-0.2, 0) is 4.79 Å². The summed E-state index contributed by atoms with van der Waals surface area (Å²) in [6.45, 7) is 8.51. The van der Waals surface area contributed by atoms with Crippen LogP contribution in [0.2, 0.25) is 0 Å². The van der Waals surface area contributed by atoms with Gasteiger partial charge in [0.2, 0.25) is 5.91 Å². The van der Waals surface area contributed by atoms with Gasteiger partial charge in [-0.15, -0.1) is 10.2 Å². The number of hydrogen-bond donors (Lipinski definition) is 2. The Morgan fingerprint density at radius 3 is 2.75 bits per heavy atom. The lowest BCUT2D eigenvalue weighted by atomic mass is 10.1. The molecule has 0 fully saturated rings. The molecule has 0 unspecified atom stereocenters. The van der Waals surface area contributed by atoms with E-state index in [-0.39, 0.29) is 11.7 Å². The topological polar surface area (TPSA) is 101 Å². The molecule has 2 rings (SSSR count). The fraction of sp³-hybridized carbons (Fsp3) is 0.533. The van der Waals surface area contributed by atoms with Gasteiger partial charge < -0.3 is 5.32 Å². The maximum absolute atomic E-state index is 11.9. The van der Waals surface area contributed by atoms with Gasteiger partial charge in [-0.1, -0.05) is 25.6 Å². The second-order valence-corrected chi connectivity index (χ2v) is 6.87. The van der Waals surface area contributed by atoms with Crippen molar-refractivity contribution >= 4 is 29.5 Å². The molecule has 0 atom stereocenters. The first kappa shape index (κ1) is 18.2. The van der Waals surface area contributed by atoms with Crippen LogP contribution in [0.4, 0.5) is 4.79 Å². The minimum atomic E-state index is -0.471. The van der Waals surface area contributed by atoms with Crippen LogP contribution in [-0.4, -0.2) is 43.8 Å². The van der Waals surface area contributed by atoms with Crippen LogP contribution >= 0.6 is 11.8 Å². The number of thioether (sulfide) groups is 1. The molecule has 0 aromatic carbocycles. The van der Waals surface area contributed by atoms with E-state index in [1.807, 2.05) is 19.9 Å². The van der Waals surface area contributed by atoms with Crippen LogP contribution in [0.5, 0.6) is 0 Å². The van der Waals surface area contributed by atoms with Gasteiger partial charge in [-0.2, -0.15) is 0 Å². The van der Waals surface area contributed by atoms with E-state index in [0.29, 0.717) is 23.4 Å². The molecule has 2 aromatic heterocycles. The number of nitrogens with one attached hydrogen (secondary N) is 2. The number of rotatable bonds is 6. The van der Waals surface area contributed by atoms with Crippen molar-refractivity contribution in [3.05, 3.63) is 17.5 Å². The van der Waals surface area contributed by atoms with Gasteiger partial charge in [0.25, 0.3) is 5.78 Å². The fourth-order valence-corrected chi connectivity index (χ4v) is 2.89. The first-order valence-corrected chi connectivity index (χ1v) is 8.75. The number of carbonyl (C=O) groups excluding carboxylic acids is 2. The summed E-state index contributed by atoms with van der Waals surface area (Å²) in [5.74, 6) is 0.697. The Labute approximate surface area is 144 Å². The summed E-state index contributed by atoms with van der Waals surface area (Å²) < 4.78 is 1.79. The minimum absolute atomic E-state index is 0.0751. The van der Waals surface area contributed by atoms with Gasteiger partial charge in [-0.05, 0) is 32.3 Å². The van der Waals surface area contributed by atoms with Crippen molar-refractivity contribution in [2.75, 3.05) is 12.3 Å². The summed E-state index contributed by atoms with van der Waals surface area (Å²) in [6.07, 6.45) is 0.869. The molecule has 0 saturated heterocycles. The molecule has 0 aliphatic heterocycles. The summed E-state index contributed by atoms with van der Waals surface area (Å²) in [6, 6.07) is 1.45. The number of amides is 3. The normalized spacial score (nSPS) is 11.0. The van der Waals surface area contributed by atoms with E-state index >= 15 is 0 Å². The summed E-state index contributed by atoms with van der Waals surface area (Å²) >= 11 is 1.21. The van der Waals surface area contributed by atoms with Crippen molar-refractivity contribution in [3.63, 3.8) is 0 Å². The van der Waals surface area contributed by atoms with E-state index in [9.17, 15) is 9.59 Å². The Bertz CT molecular complexity index is 743. The van der Waals surface area contributed by atoms with E-state index < -0.39 is 6.03 Å². The second-order valence-electron chi connectivity index (χ2n) is 5.93. The molecule has 3 amide bonds. The molecule has 0 saturated carbocycles. The lowest BCUT2D eigenvalue weighted by Crippen LogP contribution is -2.40. The third-order valence-corrected chi connectivity index (χ3v) is 4.18. The summed E-state index contributed by atoms with van der Waals surface area (Å²) in [5.41, 5.74) is 1.80. The molecule has 0 aliphatic carbocycles. The Kier molecular flexibility index (Phi) is 6.13. The molecule has 0 spiro atoms. The standard InChI is InChI=1S/C15H22N6O2S/c1-9(2)5-6-16-14(23)18-12(22)8-24-15-20-19-13-17-10(3)7-11(4)21(13)15/h7,9H,5-6,8H2,1-4H3,(H2,16,18,22,23). The molecule has 130 valence electrons. The van der Waals surface area contributed by atoms with Gasteiger partial charge in [0.05, 0.1) is 5.75 Å². The highest BCUT2D eigenvalue weighted by Gasteiger charge is 2.13. The van der Waals surface area contributed by atoms with E-state index in [4.69, 9.17) is 0 Å². The highest BCUT2D eigenvalue weighted by atomic mass is 32.2. The van der Waals surface area contributed by atoms with Gasteiger partial charge in [0.1, 0.15) is 0 Å². The van der Waals surface area contributed by atoms with Gasteiger partial charge in [-0.3, -0.25) is 14.5 Å². The quantitative estimate of drug-likeness (QED) is 0.769. The van der Waals surface area contributed by atoms with E-state index in [1.54, 1.807) is 4.40 Å². The number of urea groups is 1. The predicted molar refractivity (Wildman–Crippen MR) is 92.0 cm³/mol. The maximum atomic E-state index is 11.9. The zero-order valence-electron chi connectivity index (χ0n) is 14.3. The molecule has 2 heterocycles. The minimum Gasteiger partial charge on any atom is -0.338 e. The third kappa shape index (κ3) is 4.92. The number of aryl methyl sites for hydroxylation is 2. The lowest BCUT2D eigenvalue weighted by Gasteiger charge is -2.08. The van der Waals surface area contributed by atoms with Crippen LogP contribution in [0.3, 0.4) is 0 Å². The van der Waals surface area contributed by atoms with Crippen LogP contribution < -0.4 is 10.6 Å². The average Bonchev–Trinajstić information content (AvgIpc) is 2.87. The van der Waals surface area contributed by atoms with Gasteiger partial charge >= 0.3 is 6.03 Å². The first-order valence-electron chi connectivity index (χ1n) is 7.76. The molecular weight excluding hydrogens is 328 g/mol. The Hall–Kier alpha value is -2.16. The number of imide groups is 1. The SMILES string of the molecule is Cc1cc(C)n2c(SCC(=O)NC(=O)NCCC(C)C)nnc2n1. The summed E-state index contributed by atoms with van der Waals surface area (Å²) in [5, 5.41) is 13.6. The first-order chi connectivity index (χ1) is 11.4. The van der Waals surface area contributed by atoms with Crippen molar-refractivity contribution < 1.29 is 9.59 Å². The molecule has 2 N–H and O–H groups in total. The molecule has 2 aromatic rings. The molecule has 0 radical (unpaired) electrons. The van der Waals surface area contributed by atoms with Crippen LogP contribution in [0.25, 0.3) is 5.78 Å². The van der Waals surface area contributed by atoms with Crippen molar-refractivity contribution in [2.24, 2.45) is 5.92 Å². The zero-order chi connectivity index (χ0) is 17.7. The maximum Gasteiger partial charge on any atom is 0.321 e. The van der Waals surface area contributed by atoms with Crippen molar-refractivity contribution in [1.82, 2.24) is 30.2 Å². The summed E-state index contributed by atoms with van der Waals surface area (Å²) in [4.78, 5) is 27.8. The molecular formula is C15H22N6O2S. The largest absolute Gasteiger partial charge is 0.338 e. The Morgan fingerprint density at radius 2 is 2.04 bits per heavy atom. The number of aromatic nitrogens is 4. The highest BCUT2D eigenvalue weighted by Crippen LogP contribution is 2.18. The monoisotopic (exact) mass is 350 g/mol. The molecule has 24 heavy (non-hydrogen) atoms. The van der Waals surface area contributed by atoms with Crippen molar-refractivity contribution in [2.45, 2.75) is 39.3 Å². The predicted octanol–water partition coefficient (Wildman–Crippen LogP) is 1.71. The fourth-order valence-electron chi connectivity index (χ4n) is 2.11. The van der Waals surface area contributed by atoms with Gasteiger partial charge in [-0.25, -0.2) is 9.78 Å². The molecule has 9 heteroatoms. The summed E-state index contributed by atoms with van der Waals surface area (Å²) in [7, 11) is 0. The smallest absolute Gasteiger partial charge is 0.321 e. The Morgan fingerprint density at radius 1 is 1.29 bits per heavy atom. The number of carbonyl (C=O) groups is 2. The lowest BCUT2D eigenvalue weighted by molar-refractivity contribution is -0.117. The highest BCUT2D eigenvalue weighted by molar-refractivity contribution is 7.99. The molecule has 0 aliphatic rings. The van der Waals surface area contributed by atoms with Crippen molar-refractivity contribution in [3.8, 4) is 0 Å². The number of hydrogen-bond acceptors (Lipinski definition) is 6. The second kappa shape index (κ2) is 8.09. The van der Waals surface area contributed by atoms with Crippen LogP contribution in [0, 0.1) is 19.8 Å². The van der Waals surface area contributed by atoms with Crippen LogP contribution in [0.15, 0.2) is 11.2 Å². The number of fused-ring (bicyclic) bond motifs is 1.